The summed E-state index contributed by atoms with van der Waals surface area (Å²) in [5.74, 6) is 0. The van der Waals surface area contributed by atoms with Crippen molar-refractivity contribution in [3.05, 3.63) is 35.9 Å². The lowest BCUT2D eigenvalue weighted by molar-refractivity contribution is 0.244. The minimum absolute atomic E-state index is 0.688. The van der Waals surface area contributed by atoms with Crippen LogP contribution in [0.5, 0.6) is 0 Å². The van der Waals surface area contributed by atoms with Crippen molar-refractivity contribution in [3.8, 4) is 6.07 Å². The van der Waals surface area contributed by atoms with E-state index in [0.717, 1.165) is 25.2 Å². The zero-order valence-electron chi connectivity index (χ0n) is 10.5. The van der Waals surface area contributed by atoms with Crippen LogP contribution in [0.25, 0.3) is 0 Å². The number of aromatic nitrogens is 1. The van der Waals surface area contributed by atoms with Crippen molar-refractivity contribution in [2.75, 3.05) is 13.2 Å². The molecule has 0 radical (unpaired) electrons. The zero-order chi connectivity index (χ0) is 12.7. The predicted molar refractivity (Wildman–Crippen MR) is 67.3 cm³/mol. The average molecular weight is 233 g/mol. The molecule has 0 aliphatic carbocycles. The van der Waals surface area contributed by atoms with Gasteiger partial charge in [-0.05, 0) is 31.5 Å². The van der Waals surface area contributed by atoms with Gasteiger partial charge < -0.3 is 14.6 Å². The van der Waals surface area contributed by atoms with Crippen LogP contribution in [0.1, 0.15) is 23.4 Å². The largest absolute Gasteiger partial charge is 0.502 e. The molecule has 0 fully saturated rings. The Balaban J connectivity index is 2.37. The quantitative estimate of drug-likeness (QED) is 0.577. The molecule has 0 aliphatic heterocycles. The molecule has 0 saturated carbocycles. The predicted octanol–water partition coefficient (Wildman–Crippen LogP) is 1.84. The Morgan fingerprint density at radius 3 is 3.00 bits per heavy atom. The molecule has 4 nitrogen and oxygen atoms in total. The molecule has 1 heterocycles. The lowest BCUT2D eigenvalue weighted by atomic mass is 10.2. The van der Waals surface area contributed by atoms with E-state index in [1.54, 1.807) is 0 Å². The average Bonchev–Trinajstić information content (AvgIpc) is 2.61. The second kappa shape index (κ2) is 6.77. The summed E-state index contributed by atoms with van der Waals surface area (Å²) in [7, 11) is 1.91. The number of ether oxygens (including phenoxy) is 1. The summed E-state index contributed by atoms with van der Waals surface area (Å²) in [6.07, 6.45) is 2.41. The number of nitriles is 1. The molecule has 1 rings (SSSR count). The van der Waals surface area contributed by atoms with E-state index in [2.05, 4.69) is 18.0 Å². The van der Waals surface area contributed by atoms with Crippen LogP contribution in [-0.2, 0) is 18.3 Å². The van der Waals surface area contributed by atoms with Crippen molar-refractivity contribution in [1.82, 2.24) is 9.88 Å². The van der Waals surface area contributed by atoms with Gasteiger partial charge >= 0.3 is 0 Å². The van der Waals surface area contributed by atoms with E-state index in [0.29, 0.717) is 12.3 Å². The third kappa shape index (κ3) is 3.65. The molecular formula is C13H19N3O. The van der Waals surface area contributed by atoms with Gasteiger partial charge in [0.05, 0.1) is 12.9 Å². The van der Waals surface area contributed by atoms with E-state index in [9.17, 15) is 0 Å². The smallest absolute Gasteiger partial charge is 0.120 e. The summed E-state index contributed by atoms with van der Waals surface area (Å²) in [5.41, 5.74) is 3.01. The van der Waals surface area contributed by atoms with Gasteiger partial charge in [-0.15, -0.1) is 0 Å². The highest BCUT2D eigenvalue weighted by Gasteiger charge is 2.07. The molecule has 0 spiro atoms. The van der Waals surface area contributed by atoms with Gasteiger partial charge in [-0.2, -0.15) is 5.26 Å². The number of hydrogen-bond donors (Lipinski definition) is 1. The van der Waals surface area contributed by atoms with Crippen molar-refractivity contribution in [2.45, 2.75) is 19.9 Å². The molecule has 0 aromatic carbocycles. The molecule has 1 N–H and O–H groups in total. The normalized spacial score (nSPS) is 9.94. The highest BCUT2D eigenvalue weighted by atomic mass is 16.5. The Morgan fingerprint density at radius 1 is 1.65 bits per heavy atom. The first-order chi connectivity index (χ1) is 8.20. The molecular weight excluding hydrogens is 214 g/mol. The Hall–Kier alpha value is -1.73. The maximum absolute atomic E-state index is 8.91. The fourth-order valence-electron chi connectivity index (χ4n) is 1.64. The maximum atomic E-state index is 8.91. The van der Waals surface area contributed by atoms with E-state index in [1.807, 2.05) is 24.6 Å². The summed E-state index contributed by atoms with van der Waals surface area (Å²) in [4.78, 5) is 0. The molecule has 1 aromatic rings. The molecule has 0 aliphatic rings. The van der Waals surface area contributed by atoms with Crippen LogP contribution in [0.15, 0.2) is 18.9 Å². The van der Waals surface area contributed by atoms with Crippen molar-refractivity contribution in [1.29, 1.82) is 5.26 Å². The number of nitrogens with one attached hydrogen (secondary N) is 1. The van der Waals surface area contributed by atoms with Crippen LogP contribution in [0, 0.1) is 18.3 Å². The van der Waals surface area contributed by atoms with E-state index in [1.165, 1.54) is 11.8 Å². The Labute approximate surface area is 103 Å². The Kier molecular flexibility index (Phi) is 5.31. The van der Waals surface area contributed by atoms with Gasteiger partial charge in [0.2, 0.25) is 0 Å². The van der Waals surface area contributed by atoms with E-state index >= 15 is 0 Å². The minimum atomic E-state index is 0.688. The first-order valence-electron chi connectivity index (χ1n) is 5.69. The number of nitrogens with zero attached hydrogens (tertiary/aromatic N) is 2. The third-order valence-electron chi connectivity index (χ3n) is 2.80. The molecule has 92 valence electrons. The van der Waals surface area contributed by atoms with Crippen molar-refractivity contribution in [2.24, 2.45) is 7.05 Å². The van der Waals surface area contributed by atoms with Crippen molar-refractivity contribution < 1.29 is 4.74 Å². The number of rotatable bonds is 7. The van der Waals surface area contributed by atoms with Gasteiger partial charge in [-0.25, -0.2) is 0 Å². The van der Waals surface area contributed by atoms with E-state index < -0.39 is 0 Å². The molecule has 0 saturated heterocycles. The summed E-state index contributed by atoms with van der Waals surface area (Å²) in [6, 6.07) is 4.11. The second-order valence-electron chi connectivity index (χ2n) is 3.88. The highest BCUT2D eigenvalue weighted by molar-refractivity contribution is 5.33. The number of hydrogen-bond acceptors (Lipinski definition) is 3. The zero-order valence-corrected chi connectivity index (χ0v) is 10.5. The first kappa shape index (κ1) is 13.3. The van der Waals surface area contributed by atoms with Gasteiger partial charge in [0, 0.05) is 19.3 Å². The standard InChI is InChI=1S/C13H19N3O/c1-4-17-7-5-6-15-10-12-8-13(9-14)16(3)11(12)2/h4,8,15H,1,5-7,10H2,2-3H3. The summed E-state index contributed by atoms with van der Waals surface area (Å²) in [6.45, 7) is 7.88. The van der Waals surface area contributed by atoms with Crippen LogP contribution < -0.4 is 5.32 Å². The lowest BCUT2D eigenvalue weighted by Gasteiger charge is -2.05. The lowest BCUT2D eigenvalue weighted by Crippen LogP contribution is -2.16. The van der Waals surface area contributed by atoms with E-state index in [-0.39, 0.29) is 0 Å². The van der Waals surface area contributed by atoms with Crippen LogP contribution >= 0.6 is 0 Å². The molecule has 1 aromatic heterocycles. The first-order valence-corrected chi connectivity index (χ1v) is 5.69. The Morgan fingerprint density at radius 2 is 2.41 bits per heavy atom. The minimum Gasteiger partial charge on any atom is -0.502 e. The highest BCUT2D eigenvalue weighted by Crippen LogP contribution is 2.12. The molecule has 0 bridgehead atoms. The van der Waals surface area contributed by atoms with Crippen LogP contribution in [0.4, 0.5) is 0 Å². The summed E-state index contributed by atoms with van der Waals surface area (Å²) >= 11 is 0. The third-order valence-corrected chi connectivity index (χ3v) is 2.80. The molecule has 0 unspecified atom stereocenters. The summed E-state index contributed by atoms with van der Waals surface area (Å²) in [5, 5.41) is 12.2. The topological polar surface area (TPSA) is 50.0 Å². The SMILES string of the molecule is C=COCCCNCc1cc(C#N)n(C)c1C. The fraction of sp³-hybridized carbons (Fsp3) is 0.462. The molecule has 0 atom stereocenters. The molecule has 4 heteroatoms. The maximum Gasteiger partial charge on any atom is 0.120 e. The fourth-order valence-corrected chi connectivity index (χ4v) is 1.64. The van der Waals surface area contributed by atoms with Gasteiger partial charge in [-0.3, -0.25) is 0 Å². The van der Waals surface area contributed by atoms with Gasteiger partial charge in [0.15, 0.2) is 0 Å². The van der Waals surface area contributed by atoms with Crippen molar-refractivity contribution >= 4 is 0 Å². The van der Waals surface area contributed by atoms with Crippen molar-refractivity contribution in [3.63, 3.8) is 0 Å². The monoisotopic (exact) mass is 233 g/mol. The van der Waals surface area contributed by atoms with E-state index in [4.69, 9.17) is 10.00 Å². The van der Waals surface area contributed by atoms with Crippen LogP contribution in [-0.4, -0.2) is 17.7 Å². The van der Waals surface area contributed by atoms with Crippen LogP contribution in [0.2, 0.25) is 0 Å². The summed E-state index contributed by atoms with van der Waals surface area (Å²) < 4.78 is 6.94. The van der Waals surface area contributed by atoms with Gasteiger partial charge in [0.1, 0.15) is 11.8 Å². The van der Waals surface area contributed by atoms with Gasteiger partial charge in [0.25, 0.3) is 0 Å². The molecule has 0 amide bonds. The molecule has 17 heavy (non-hydrogen) atoms. The van der Waals surface area contributed by atoms with Crippen LogP contribution in [0.3, 0.4) is 0 Å². The Bertz CT molecular complexity index is 415. The second-order valence-corrected chi connectivity index (χ2v) is 3.88. The van der Waals surface area contributed by atoms with Gasteiger partial charge in [-0.1, -0.05) is 6.58 Å².